The molecule has 0 aliphatic carbocycles. The van der Waals surface area contributed by atoms with Crippen LogP contribution in [0.25, 0.3) is 0 Å². The molecular weight excluding hydrogens is 257 g/mol. The van der Waals surface area contributed by atoms with E-state index in [1.54, 1.807) is 5.59 Å². The normalized spacial score (nSPS) is 13.7. The predicted octanol–water partition coefficient (Wildman–Crippen LogP) is -0.333. The van der Waals surface area contributed by atoms with E-state index in [4.69, 9.17) is 5.84 Å². The summed E-state index contributed by atoms with van der Waals surface area (Å²) in [6, 6.07) is 3.45. The maximum atomic E-state index is 13.0. The zero-order valence-electron chi connectivity index (χ0n) is 9.68. The molecule has 3 N–H and O–H groups in total. The number of hydrogen-bond acceptors (Lipinski definition) is 6. The molecule has 1 heterocycles. The zero-order chi connectivity index (χ0) is 14.0. The van der Waals surface area contributed by atoms with Gasteiger partial charge in [0.15, 0.2) is 0 Å². The molecule has 100 valence electrons. The minimum Gasteiger partial charge on any atom is -0.356 e. The van der Waals surface area contributed by atoms with E-state index in [2.05, 4.69) is 4.84 Å². The standard InChI is InChI=1S/C11H10FN3O4/c12-6-1-2-8-7(5-6)10(17)11(18)15(8)4-3-9(16)19-14-13/h1-2,5,14H,3-4,13H2. The number of carbonyl (C=O) groups excluding carboxylic acids is 3. The number of amides is 1. The van der Waals surface area contributed by atoms with Crippen LogP contribution < -0.4 is 16.3 Å². The average molecular weight is 267 g/mol. The van der Waals surface area contributed by atoms with Crippen molar-refractivity contribution in [3.8, 4) is 0 Å². The summed E-state index contributed by atoms with van der Waals surface area (Å²) in [7, 11) is 0. The van der Waals surface area contributed by atoms with Crippen LogP contribution in [0, 0.1) is 5.82 Å². The highest BCUT2D eigenvalue weighted by Crippen LogP contribution is 2.29. The van der Waals surface area contributed by atoms with Crippen molar-refractivity contribution in [3.05, 3.63) is 29.6 Å². The highest BCUT2D eigenvalue weighted by atomic mass is 19.1. The molecule has 1 amide bonds. The number of anilines is 1. The third kappa shape index (κ3) is 2.44. The Kier molecular flexibility index (Phi) is 3.54. The predicted molar refractivity (Wildman–Crippen MR) is 61.1 cm³/mol. The van der Waals surface area contributed by atoms with Gasteiger partial charge in [-0.3, -0.25) is 14.4 Å². The lowest BCUT2D eigenvalue weighted by atomic mass is 10.1. The lowest BCUT2D eigenvalue weighted by Crippen LogP contribution is -2.33. The van der Waals surface area contributed by atoms with Crippen molar-refractivity contribution < 1.29 is 23.6 Å². The van der Waals surface area contributed by atoms with Gasteiger partial charge in [-0.05, 0) is 18.2 Å². The second-order valence-corrected chi connectivity index (χ2v) is 3.79. The van der Waals surface area contributed by atoms with Gasteiger partial charge in [0, 0.05) is 6.54 Å². The third-order valence-electron chi connectivity index (χ3n) is 2.65. The number of nitrogens with zero attached hydrogens (tertiary/aromatic N) is 1. The molecule has 0 saturated heterocycles. The SMILES string of the molecule is NNOC(=O)CCN1C(=O)C(=O)c2cc(F)ccc21. The van der Waals surface area contributed by atoms with Crippen LogP contribution in [0.1, 0.15) is 16.8 Å². The minimum atomic E-state index is -0.797. The maximum Gasteiger partial charge on any atom is 0.328 e. The summed E-state index contributed by atoms with van der Waals surface area (Å²) in [6.45, 7) is -0.0519. The molecule has 8 heteroatoms. The zero-order valence-corrected chi connectivity index (χ0v) is 9.68. The topological polar surface area (TPSA) is 102 Å². The van der Waals surface area contributed by atoms with Crippen LogP contribution in [0.3, 0.4) is 0 Å². The molecule has 7 nitrogen and oxygen atoms in total. The summed E-state index contributed by atoms with van der Waals surface area (Å²) in [5.74, 6) is 1.91. The second-order valence-electron chi connectivity index (χ2n) is 3.79. The molecule has 0 atom stereocenters. The molecule has 1 aliphatic rings. The number of nitrogens with one attached hydrogen (secondary N) is 1. The molecular formula is C11H10FN3O4. The van der Waals surface area contributed by atoms with Crippen LogP contribution in [0.5, 0.6) is 0 Å². The quantitative estimate of drug-likeness (QED) is 0.440. The van der Waals surface area contributed by atoms with Crippen LogP contribution >= 0.6 is 0 Å². The van der Waals surface area contributed by atoms with Crippen molar-refractivity contribution in [1.82, 2.24) is 5.59 Å². The summed E-state index contributed by atoms with van der Waals surface area (Å²) in [5, 5.41) is 0. The van der Waals surface area contributed by atoms with Crippen molar-refractivity contribution in [2.24, 2.45) is 5.84 Å². The van der Waals surface area contributed by atoms with Gasteiger partial charge in [0.2, 0.25) is 0 Å². The molecule has 0 bridgehead atoms. The monoisotopic (exact) mass is 267 g/mol. The largest absolute Gasteiger partial charge is 0.356 e. The first-order valence-electron chi connectivity index (χ1n) is 5.35. The minimum absolute atomic E-state index is 0.00434. The number of hydrogen-bond donors (Lipinski definition) is 2. The molecule has 1 aromatic rings. The molecule has 0 aromatic heterocycles. The summed E-state index contributed by atoms with van der Waals surface area (Å²) in [4.78, 5) is 39.8. The van der Waals surface area contributed by atoms with Crippen LogP contribution in [0.2, 0.25) is 0 Å². The Bertz CT molecular complexity index is 561. The van der Waals surface area contributed by atoms with Gasteiger partial charge in [-0.25, -0.2) is 10.2 Å². The molecule has 0 radical (unpaired) electrons. The van der Waals surface area contributed by atoms with Gasteiger partial charge in [-0.1, -0.05) is 5.59 Å². The molecule has 2 rings (SSSR count). The van der Waals surface area contributed by atoms with Gasteiger partial charge in [-0.15, -0.1) is 0 Å². The highest BCUT2D eigenvalue weighted by molar-refractivity contribution is 6.52. The number of carbonyl (C=O) groups is 3. The highest BCUT2D eigenvalue weighted by Gasteiger charge is 2.36. The smallest absolute Gasteiger partial charge is 0.328 e. The van der Waals surface area contributed by atoms with E-state index < -0.39 is 23.5 Å². The molecule has 0 saturated carbocycles. The number of nitrogens with two attached hydrogens (primary N) is 1. The van der Waals surface area contributed by atoms with Gasteiger partial charge in [-0.2, -0.15) is 0 Å². The Morgan fingerprint density at radius 3 is 2.84 bits per heavy atom. The second kappa shape index (κ2) is 5.12. The Balaban J connectivity index is 2.17. The lowest BCUT2D eigenvalue weighted by molar-refractivity contribution is -0.150. The number of Topliss-reactive ketones (excluding diaryl/α,β-unsaturated/α-hetero) is 1. The number of rotatable bonds is 4. The van der Waals surface area contributed by atoms with Crippen LogP contribution in [-0.4, -0.2) is 24.2 Å². The maximum absolute atomic E-state index is 13.0. The molecule has 19 heavy (non-hydrogen) atoms. The first-order chi connectivity index (χ1) is 9.04. The summed E-state index contributed by atoms with van der Waals surface area (Å²) in [6.07, 6.45) is -0.153. The van der Waals surface area contributed by atoms with E-state index in [1.165, 1.54) is 6.07 Å². The number of hydrazine groups is 1. The van der Waals surface area contributed by atoms with E-state index in [0.717, 1.165) is 17.0 Å². The Hall–Kier alpha value is -2.32. The first kappa shape index (κ1) is 13.1. The van der Waals surface area contributed by atoms with E-state index in [-0.39, 0.29) is 24.2 Å². The summed E-state index contributed by atoms with van der Waals surface area (Å²) < 4.78 is 13.0. The summed E-state index contributed by atoms with van der Waals surface area (Å²) >= 11 is 0. The van der Waals surface area contributed by atoms with Crippen molar-refractivity contribution in [1.29, 1.82) is 0 Å². The fourth-order valence-corrected chi connectivity index (χ4v) is 1.81. The van der Waals surface area contributed by atoms with E-state index in [1.807, 2.05) is 0 Å². The fourth-order valence-electron chi connectivity index (χ4n) is 1.81. The van der Waals surface area contributed by atoms with Crippen LogP contribution in [0.4, 0.5) is 10.1 Å². The molecule has 0 fully saturated rings. The fraction of sp³-hybridized carbons (Fsp3) is 0.182. The van der Waals surface area contributed by atoms with Gasteiger partial charge < -0.3 is 9.74 Å². The van der Waals surface area contributed by atoms with Crippen LogP contribution in [0.15, 0.2) is 18.2 Å². The van der Waals surface area contributed by atoms with E-state index >= 15 is 0 Å². The Labute approximate surface area is 107 Å². The van der Waals surface area contributed by atoms with Crippen molar-refractivity contribution in [2.75, 3.05) is 11.4 Å². The van der Waals surface area contributed by atoms with Gasteiger partial charge in [0.05, 0.1) is 17.7 Å². The first-order valence-corrected chi connectivity index (χ1v) is 5.35. The van der Waals surface area contributed by atoms with Crippen molar-refractivity contribution in [2.45, 2.75) is 6.42 Å². The Morgan fingerprint density at radius 2 is 2.16 bits per heavy atom. The number of halogens is 1. The molecule has 1 aliphatic heterocycles. The number of ketones is 1. The average Bonchev–Trinajstić information content (AvgIpc) is 2.61. The number of fused-ring (bicyclic) bond motifs is 1. The molecule has 0 unspecified atom stereocenters. The van der Waals surface area contributed by atoms with E-state index in [9.17, 15) is 18.8 Å². The van der Waals surface area contributed by atoms with E-state index in [0.29, 0.717) is 0 Å². The molecule has 1 aromatic carbocycles. The third-order valence-corrected chi connectivity index (χ3v) is 2.65. The lowest BCUT2D eigenvalue weighted by Gasteiger charge is -2.15. The molecule has 0 spiro atoms. The summed E-state index contributed by atoms with van der Waals surface area (Å²) in [5.41, 5.74) is 2.00. The van der Waals surface area contributed by atoms with Crippen molar-refractivity contribution in [3.63, 3.8) is 0 Å². The van der Waals surface area contributed by atoms with Gasteiger partial charge in [0.25, 0.3) is 11.7 Å². The van der Waals surface area contributed by atoms with Gasteiger partial charge >= 0.3 is 5.97 Å². The van der Waals surface area contributed by atoms with Crippen molar-refractivity contribution >= 4 is 23.3 Å². The van der Waals surface area contributed by atoms with Crippen LogP contribution in [-0.2, 0) is 14.4 Å². The Morgan fingerprint density at radius 1 is 1.42 bits per heavy atom. The van der Waals surface area contributed by atoms with Gasteiger partial charge in [0.1, 0.15) is 5.82 Å². The number of benzene rings is 1.